The van der Waals surface area contributed by atoms with Crippen LogP contribution in [0.4, 0.5) is 13.2 Å². The molecule has 0 aromatic heterocycles. The summed E-state index contributed by atoms with van der Waals surface area (Å²) in [5.74, 6) is 0. The summed E-state index contributed by atoms with van der Waals surface area (Å²) >= 11 is 3.16. The van der Waals surface area contributed by atoms with Crippen LogP contribution in [0.2, 0.25) is 0 Å². The van der Waals surface area contributed by atoms with Gasteiger partial charge in [0.05, 0.1) is 10.9 Å². The fourth-order valence-corrected chi connectivity index (χ4v) is 3.71. The number of benzene rings is 2. The van der Waals surface area contributed by atoms with Crippen LogP contribution >= 0.6 is 23.5 Å². The number of hydrogen-bond acceptors (Lipinski definition) is 1. The van der Waals surface area contributed by atoms with Crippen LogP contribution in [0.1, 0.15) is 18.1 Å². The molecule has 0 saturated heterocycles. The molecule has 0 amide bonds. The summed E-state index contributed by atoms with van der Waals surface area (Å²) < 4.78 is 52.9. The Hall–Kier alpha value is -1.14. The predicted octanol–water partition coefficient (Wildman–Crippen LogP) is 4.50. The molecular weight excluding hydrogens is 396 g/mol. The Kier molecular flexibility index (Phi) is 5.06. The van der Waals surface area contributed by atoms with Crippen LogP contribution < -0.4 is 5.30 Å². The van der Waals surface area contributed by atoms with E-state index in [1.807, 2.05) is 0 Å². The Morgan fingerprint density at radius 1 is 1.13 bits per heavy atom. The Morgan fingerprint density at radius 2 is 1.74 bits per heavy atom. The highest BCUT2D eigenvalue weighted by Gasteiger charge is 2.39. The summed E-state index contributed by atoms with van der Waals surface area (Å²) in [7, 11) is -4.89. The maximum Gasteiger partial charge on any atom is 0.417 e. The highest BCUT2D eigenvalue weighted by molar-refractivity contribution is 9.10. The normalized spacial score (nSPS) is 12.5. The summed E-state index contributed by atoms with van der Waals surface area (Å²) in [5.41, 5.74) is -1.40. The molecule has 2 aromatic carbocycles. The molecule has 2 N–H and O–H groups in total. The lowest BCUT2D eigenvalue weighted by atomic mass is 9.93. The van der Waals surface area contributed by atoms with Crippen LogP contribution in [0.5, 0.6) is 0 Å². The largest absolute Gasteiger partial charge is 0.417 e. The van der Waals surface area contributed by atoms with Crippen LogP contribution in [0, 0.1) is 0 Å². The van der Waals surface area contributed by atoms with Gasteiger partial charge in [0.2, 0.25) is 0 Å². The van der Waals surface area contributed by atoms with E-state index >= 15 is 0 Å². The molecule has 2 rings (SSSR count). The standard InChI is InChI=1S/C15H13BrF3O3P/c1-2-9-7-8-12(23(20,21)22)13(14(9)15(17,18)19)10-5-3-4-6-11(10)16/h3-8H,2H2,1H3,(H2,20,21,22). The van der Waals surface area contributed by atoms with Gasteiger partial charge in [0.1, 0.15) is 0 Å². The molecule has 0 unspecified atom stereocenters. The molecule has 0 heterocycles. The number of aryl methyl sites for hydroxylation is 1. The molecule has 0 atom stereocenters. The van der Waals surface area contributed by atoms with Crippen molar-refractivity contribution in [3.05, 3.63) is 52.0 Å². The third-order valence-corrected chi connectivity index (χ3v) is 5.08. The molecule has 0 aliphatic carbocycles. The molecule has 0 aliphatic heterocycles. The minimum Gasteiger partial charge on any atom is -0.321 e. The van der Waals surface area contributed by atoms with E-state index in [1.165, 1.54) is 18.2 Å². The zero-order chi connectivity index (χ0) is 17.4. The fraction of sp³-hybridized carbons (Fsp3) is 0.200. The van der Waals surface area contributed by atoms with Gasteiger partial charge in [-0.1, -0.05) is 47.1 Å². The van der Waals surface area contributed by atoms with Gasteiger partial charge in [0, 0.05) is 10.0 Å². The van der Waals surface area contributed by atoms with Crippen LogP contribution in [-0.2, 0) is 17.2 Å². The third kappa shape index (κ3) is 3.69. The third-order valence-electron chi connectivity index (χ3n) is 3.39. The second-order valence-corrected chi connectivity index (χ2v) is 7.29. The second-order valence-electron chi connectivity index (χ2n) is 4.87. The van der Waals surface area contributed by atoms with E-state index in [0.29, 0.717) is 4.47 Å². The Morgan fingerprint density at radius 3 is 2.22 bits per heavy atom. The zero-order valence-electron chi connectivity index (χ0n) is 11.9. The van der Waals surface area contributed by atoms with E-state index in [1.54, 1.807) is 13.0 Å². The number of alkyl halides is 3. The Labute approximate surface area is 139 Å². The van der Waals surface area contributed by atoms with Crippen molar-refractivity contribution in [2.45, 2.75) is 19.5 Å². The maximum atomic E-state index is 13.6. The molecule has 0 saturated carbocycles. The first-order valence-corrected chi connectivity index (χ1v) is 9.02. The molecule has 124 valence electrons. The van der Waals surface area contributed by atoms with Crippen molar-refractivity contribution < 1.29 is 27.5 Å². The molecular formula is C15H13BrF3O3P. The van der Waals surface area contributed by atoms with E-state index < -0.39 is 30.2 Å². The van der Waals surface area contributed by atoms with Crippen molar-refractivity contribution >= 4 is 28.8 Å². The van der Waals surface area contributed by atoms with E-state index in [0.717, 1.165) is 12.1 Å². The van der Waals surface area contributed by atoms with Crippen LogP contribution in [0.25, 0.3) is 11.1 Å². The summed E-state index contributed by atoms with van der Waals surface area (Å²) in [5, 5.41) is -0.631. The van der Waals surface area contributed by atoms with Crippen LogP contribution in [0.15, 0.2) is 40.9 Å². The molecule has 23 heavy (non-hydrogen) atoms. The van der Waals surface area contributed by atoms with Gasteiger partial charge in [0.15, 0.2) is 0 Å². The van der Waals surface area contributed by atoms with Crippen molar-refractivity contribution in [1.29, 1.82) is 0 Å². The molecule has 8 heteroatoms. The summed E-state index contributed by atoms with van der Waals surface area (Å²) in [6.45, 7) is 1.56. The van der Waals surface area contributed by atoms with Gasteiger partial charge in [-0.15, -0.1) is 0 Å². The molecule has 0 fully saturated rings. The maximum absolute atomic E-state index is 13.6. The van der Waals surface area contributed by atoms with E-state index in [9.17, 15) is 27.5 Å². The van der Waals surface area contributed by atoms with Crippen molar-refractivity contribution in [2.75, 3.05) is 0 Å². The van der Waals surface area contributed by atoms with E-state index in [4.69, 9.17) is 0 Å². The van der Waals surface area contributed by atoms with Crippen LogP contribution in [0.3, 0.4) is 0 Å². The van der Waals surface area contributed by atoms with Gasteiger partial charge in [0.25, 0.3) is 0 Å². The second kappa shape index (κ2) is 6.40. The first-order chi connectivity index (χ1) is 10.6. The Bertz CT molecular complexity index is 784. The summed E-state index contributed by atoms with van der Waals surface area (Å²) in [6.07, 6.45) is -4.64. The number of hydrogen-bond donors (Lipinski definition) is 2. The van der Waals surface area contributed by atoms with Gasteiger partial charge in [-0.2, -0.15) is 13.2 Å². The van der Waals surface area contributed by atoms with Crippen molar-refractivity contribution in [1.82, 2.24) is 0 Å². The van der Waals surface area contributed by atoms with Crippen molar-refractivity contribution in [2.24, 2.45) is 0 Å². The van der Waals surface area contributed by atoms with Gasteiger partial charge in [-0.05, 0) is 29.7 Å². The molecule has 0 aliphatic rings. The summed E-state index contributed by atoms with van der Waals surface area (Å²) in [4.78, 5) is 19.0. The van der Waals surface area contributed by atoms with Gasteiger partial charge in [-0.25, -0.2) is 0 Å². The lowest BCUT2D eigenvalue weighted by molar-refractivity contribution is -0.137. The smallest absolute Gasteiger partial charge is 0.321 e. The summed E-state index contributed by atoms with van der Waals surface area (Å²) in [6, 6.07) is 8.25. The van der Waals surface area contributed by atoms with E-state index in [2.05, 4.69) is 15.9 Å². The minimum absolute atomic E-state index is 0.0135. The molecule has 3 nitrogen and oxygen atoms in total. The zero-order valence-corrected chi connectivity index (χ0v) is 14.4. The molecule has 0 bridgehead atoms. The van der Waals surface area contributed by atoms with Gasteiger partial charge >= 0.3 is 13.8 Å². The van der Waals surface area contributed by atoms with Crippen molar-refractivity contribution in [3.63, 3.8) is 0 Å². The molecule has 2 aromatic rings. The monoisotopic (exact) mass is 408 g/mol. The Balaban J connectivity index is 3.01. The lowest BCUT2D eigenvalue weighted by Crippen LogP contribution is -2.19. The first kappa shape index (κ1) is 18.2. The minimum atomic E-state index is -4.89. The molecule has 0 spiro atoms. The average molecular weight is 409 g/mol. The predicted molar refractivity (Wildman–Crippen MR) is 85.6 cm³/mol. The number of rotatable bonds is 3. The lowest BCUT2D eigenvalue weighted by Gasteiger charge is -2.21. The van der Waals surface area contributed by atoms with Crippen LogP contribution in [-0.4, -0.2) is 9.79 Å². The SMILES string of the molecule is CCc1ccc(P(=O)(O)O)c(-c2ccccc2Br)c1C(F)(F)F. The van der Waals surface area contributed by atoms with Gasteiger partial charge < -0.3 is 9.79 Å². The molecule has 0 radical (unpaired) electrons. The average Bonchev–Trinajstić information content (AvgIpc) is 2.44. The fourth-order valence-electron chi connectivity index (χ4n) is 2.43. The van der Waals surface area contributed by atoms with Crippen molar-refractivity contribution in [3.8, 4) is 11.1 Å². The van der Waals surface area contributed by atoms with E-state index in [-0.39, 0.29) is 17.5 Å². The first-order valence-electron chi connectivity index (χ1n) is 6.61. The highest BCUT2D eigenvalue weighted by atomic mass is 79.9. The highest BCUT2D eigenvalue weighted by Crippen LogP contribution is 2.46. The topological polar surface area (TPSA) is 57.5 Å². The number of halogens is 4. The quantitative estimate of drug-likeness (QED) is 0.735. The van der Waals surface area contributed by atoms with Gasteiger partial charge in [-0.3, -0.25) is 4.57 Å².